The van der Waals surface area contributed by atoms with Gasteiger partial charge in [0.05, 0.1) is 5.92 Å². The Bertz CT molecular complexity index is 1610. The predicted octanol–water partition coefficient (Wildman–Crippen LogP) is 6.88. The maximum Gasteiger partial charge on any atom is 0.349 e. The minimum Gasteiger partial charge on any atom is -0.489 e. The third kappa shape index (κ3) is 6.40. The Morgan fingerprint density at radius 3 is 2.45 bits per heavy atom. The zero-order valence-corrected chi connectivity index (χ0v) is 23.3. The summed E-state index contributed by atoms with van der Waals surface area (Å²) in [4.78, 5) is 12.4. The molecule has 1 atom stereocenters. The summed E-state index contributed by atoms with van der Waals surface area (Å²) in [6, 6.07) is 29.1. The van der Waals surface area contributed by atoms with E-state index in [9.17, 15) is 10.1 Å². The van der Waals surface area contributed by atoms with Crippen LogP contribution in [0.3, 0.4) is 0 Å². The van der Waals surface area contributed by atoms with Crippen molar-refractivity contribution in [2.75, 3.05) is 6.61 Å². The second kappa shape index (κ2) is 12.2. The summed E-state index contributed by atoms with van der Waals surface area (Å²) in [6.07, 6.45) is 0. The van der Waals surface area contributed by atoms with E-state index in [0.29, 0.717) is 34.4 Å². The van der Waals surface area contributed by atoms with Gasteiger partial charge in [-0.3, -0.25) is 0 Å². The molecule has 0 spiro atoms. The summed E-state index contributed by atoms with van der Waals surface area (Å²) < 4.78 is 23.6. The smallest absolute Gasteiger partial charge is 0.349 e. The van der Waals surface area contributed by atoms with E-state index in [1.165, 1.54) is 0 Å². The normalized spacial score (nSPS) is 14.0. The van der Waals surface area contributed by atoms with Gasteiger partial charge in [-0.25, -0.2) is 4.79 Å². The molecule has 2 N–H and O–H groups in total. The van der Waals surface area contributed by atoms with Gasteiger partial charge < -0.3 is 24.7 Å². The number of nitriles is 1. The molecular formula is C31H22BrClN2O5. The monoisotopic (exact) mass is 616 g/mol. The lowest BCUT2D eigenvalue weighted by Crippen LogP contribution is -2.21. The zero-order chi connectivity index (χ0) is 28.1. The van der Waals surface area contributed by atoms with Crippen LogP contribution in [0.15, 0.2) is 107 Å². The number of hydrogen-bond donors (Lipinski definition) is 1. The topological polar surface area (TPSA) is 104 Å². The molecule has 0 saturated carbocycles. The van der Waals surface area contributed by atoms with Crippen LogP contribution in [0.4, 0.5) is 0 Å². The van der Waals surface area contributed by atoms with Crippen LogP contribution >= 0.6 is 27.5 Å². The van der Waals surface area contributed by atoms with Gasteiger partial charge in [0.2, 0.25) is 5.88 Å². The average molecular weight is 618 g/mol. The first-order valence-corrected chi connectivity index (χ1v) is 13.3. The molecule has 9 heteroatoms. The number of fused-ring (bicyclic) bond motifs is 1. The molecule has 1 aliphatic heterocycles. The van der Waals surface area contributed by atoms with Crippen molar-refractivity contribution in [2.24, 2.45) is 5.73 Å². The van der Waals surface area contributed by atoms with Crippen LogP contribution in [-0.2, 0) is 11.4 Å². The summed E-state index contributed by atoms with van der Waals surface area (Å²) in [5.41, 5.74) is 8.89. The van der Waals surface area contributed by atoms with Crippen molar-refractivity contribution in [1.82, 2.24) is 0 Å². The number of hydrogen-bond acceptors (Lipinski definition) is 7. The summed E-state index contributed by atoms with van der Waals surface area (Å²) in [5, 5.41) is 10.6. The van der Waals surface area contributed by atoms with Crippen molar-refractivity contribution in [2.45, 2.75) is 12.5 Å². The molecule has 4 aromatic rings. The zero-order valence-electron chi connectivity index (χ0n) is 21.0. The highest BCUT2D eigenvalue weighted by atomic mass is 79.9. The van der Waals surface area contributed by atoms with Crippen LogP contribution in [0.2, 0.25) is 5.02 Å². The van der Waals surface area contributed by atoms with Crippen LogP contribution in [0.1, 0.15) is 22.6 Å². The van der Waals surface area contributed by atoms with Crippen LogP contribution in [0.25, 0.3) is 0 Å². The number of ether oxygens (including phenoxy) is 4. The Hall–Kier alpha value is -4.45. The Morgan fingerprint density at radius 2 is 1.70 bits per heavy atom. The molecule has 1 aliphatic rings. The van der Waals surface area contributed by atoms with Gasteiger partial charge in [0.25, 0.3) is 0 Å². The van der Waals surface area contributed by atoms with Crippen molar-refractivity contribution >= 4 is 33.5 Å². The van der Waals surface area contributed by atoms with Crippen molar-refractivity contribution < 1.29 is 23.7 Å². The molecule has 1 unspecified atom stereocenters. The van der Waals surface area contributed by atoms with E-state index in [-0.39, 0.29) is 23.8 Å². The predicted molar refractivity (Wildman–Crippen MR) is 153 cm³/mol. The molecule has 5 rings (SSSR count). The van der Waals surface area contributed by atoms with Gasteiger partial charge in [-0.15, -0.1) is 0 Å². The second-order valence-electron chi connectivity index (χ2n) is 8.83. The highest BCUT2D eigenvalue weighted by molar-refractivity contribution is 9.10. The molecular weight excluding hydrogens is 596 g/mol. The molecule has 7 nitrogen and oxygen atoms in total. The number of halogens is 2. The largest absolute Gasteiger partial charge is 0.489 e. The van der Waals surface area contributed by atoms with E-state index in [4.69, 9.17) is 36.3 Å². The Kier molecular flexibility index (Phi) is 8.25. The van der Waals surface area contributed by atoms with Crippen molar-refractivity contribution in [3.8, 4) is 29.1 Å². The van der Waals surface area contributed by atoms with E-state index in [2.05, 4.69) is 22.0 Å². The molecule has 0 saturated heterocycles. The molecule has 40 heavy (non-hydrogen) atoms. The minimum absolute atomic E-state index is 0.0190. The number of allylic oxidation sites excluding steroid dienone is 1. The molecule has 0 aliphatic carbocycles. The van der Waals surface area contributed by atoms with E-state index < -0.39 is 11.9 Å². The molecule has 4 aromatic carbocycles. The first-order chi connectivity index (χ1) is 19.4. The van der Waals surface area contributed by atoms with Gasteiger partial charge in [0.1, 0.15) is 41.2 Å². The maximum atomic E-state index is 12.4. The Morgan fingerprint density at radius 1 is 0.950 bits per heavy atom. The SMILES string of the molecule is N#CC1=C(N)Oc2cc(OC(=O)COc3ccc(Br)cc3)ccc2C1c1cccc(OCc2ccc(Cl)cc2)c1. The lowest BCUT2D eigenvalue weighted by atomic mass is 9.83. The molecule has 1 heterocycles. The van der Waals surface area contributed by atoms with Gasteiger partial charge in [0.15, 0.2) is 6.61 Å². The van der Waals surface area contributed by atoms with E-state index in [0.717, 1.165) is 15.6 Å². The maximum absolute atomic E-state index is 12.4. The summed E-state index contributed by atoms with van der Waals surface area (Å²) in [5.74, 6) is 0.712. The van der Waals surface area contributed by atoms with Gasteiger partial charge in [-0.2, -0.15) is 5.26 Å². The van der Waals surface area contributed by atoms with Gasteiger partial charge in [-0.05, 0) is 65.7 Å². The Labute approximate surface area is 244 Å². The Balaban J connectivity index is 1.33. The number of benzene rings is 4. The number of carbonyl (C=O) groups excluding carboxylic acids is 1. The van der Waals surface area contributed by atoms with Crippen LogP contribution in [-0.4, -0.2) is 12.6 Å². The third-order valence-electron chi connectivity index (χ3n) is 6.10. The highest BCUT2D eigenvalue weighted by Gasteiger charge is 2.31. The number of carbonyl (C=O) groups is 1. The standard InChI is InChI=1S/C31H22BrClN2O5/c32-21-6-10-23(11-7-21)38-18-29(36)39-25-12-13-26-28(15-25)40-31(35)27(16-34)30(26)20-2-1-3-24(14-20)37-17-19-4-8-22(33)9-5-19/h1-15,30H,17-18,35H2. The molecule has 0 fully saturated rings. The first kappa shape index (κ1) is 27.1. The first-order valence-electron chi connectivity index (χ1n) is 12.2. The summed E-state index contributed by atoms with van der Waals surface area (Å²) in [6.45, 7) is 0.0833. The quantitative estimate of drug-likeness (QED) is 0.170. The van der Waals surface area contributed by atoms with Crippen molar-refractivity contribution in [3.05, 3.63) is 129 Å². The lowest BCUT2D eigenvalue weighted by molar-refractivity contribution is -0.136. The summed E-state index contributed by atoms with van der Waals surface area (Å²) in [7, 11) is 0. The summed E-state index contributed by atoms with van der Waals surface area (Å²) >= 11 is 9.32. The van der Waals surface area contributed by atoms with E-state index in [1.54, 1.807) is 30.3 Å². The number of esters is 1. The average Bonchev–Trinajstić information content (AvgIpc) is 2.96. The molecule has 0 aromatic heterocycles. The van der Waals surface area contributed by atoms with Crippen molar-refractivity contribution in [3.63, 3.8) is 0 Å². The van der Waals surface area contributed by atoms with Crippen LogP contribution in [0, 0.1) is 11.3 Å². The highest BCUT2D eigenvalue weighted by Crippen LogP contribution is 2.44. The third-order valence-corrected chi connectivity index (χ3v) is 6.88. The van der Waals surface area contributed by atoms with Crippen LogP contribution < -0.4 is 24.7 Å². The number of nitrogens with two attached hydrogens (primary N) is 1. The van der Waals surface area contributed by atoms with E-state index in [1.807, 2.05) is 60.7 Å². The van der Waals surface area contributed by atoms with Crippen LogP contribution in [0.5, 0.6) is 23.0 Å². The van der Waals surface area contributed by atoms with E-state index >= 15 is 0 Å². The molecule has 200 valence electrons. The fourth-order valence-electron chi connectivity index (χ4n) is 4.21. The number of nitrogens with zero attached hydrogens (tertiary/aromatic N) is 1. The van der Waals surface area contributed by atoms with Crippen molar-refractivity contribution in [1.29, 1.82) is 5.26 Å². The number of rotatable bonds is 8. The lowest BCUT2D eigenvalue weighted by Gasteiger charge is -2.27. The fourth-order valence-corrected chi connectivity index (χ4v) is 4.60. The molecule has 0 radical (unpaired) electrons. The molecule has 0 amide bonds. The van der Waals surface area contributed by atoms with Gasteiger partial charge >= 0.3 is 5.97 Å². The minimum atomic E-state index is -0.581. The molecule has 0 bridgehead atoms. The van der Waals surface area contributed by atoms with Gasteiger partial charge in [-0.1, -0.05) is 57.9 Å². The second-order valence-corrected chi connectivity index (χ2v) is 10.2. The van der Waals surface area contributed by atoms with Gasteiger partial charge in [0, 0.05) is 21.1 Å². The fraction of sp³-hybridized carbons (Fsp3) is 0.0968.